The number of rotatable bonds is 6. The predicted molar refractivity (Wildman–Crippen MR) is 104 cm³/mol. The fourth-order valence-electron chi connectivity index (χ4n) is 2.92. The first-order valence-electron chi connectivity index (χ1n) is 8.37. The molecule has 0 atom stereocenters. The van der Waals surface area contributed by atoms with Crippen molar-refractivity contribution in [3.05, 3.63) is 52.3 Å². The smallest absolute Gasteiger partial charge is 0.235 e. The summed E-state index contributed by atoms with van der Waals surface area (Å²) in [7, 11) is -3.45. The number of anilines is 2. The van der Waals surface area contributed by atoms with Crippen LogP contribution < -0.4 is 11.1 Å². The van der Waals surface area contributed by atoms with E-state index < -0.39 is 33.0 Å². The van der Waals surface area contributed by atoms with Gasteiger partial charge >= 0.3 is 0 Å². The summed E-state index contributed by atoms with van der Waals surface area (Å²) < 4.78 is 52.7. The van der Waals surface area contributed by atoms with E-state index in [0.717, 1.165) is 28.9 Å². The van der Waals surface area contributed by atoms with Crippen molar-refractivity contribution < 1.29 is 22.0 Å². The van der Waals surface area contributed by atoms with Gasteiger partial charge in [0.25, 0.3) is 0 Å². The molecule has 0 amide bonds. The Morgan fingerprint density at radius 2 is 1.93 bits per heavy atom. The molecule has 0 radical (unpaired) electrons. The molecule has 0 saturated carbocycles. The summed E-state index contributed by atoms with van der Waals surface area (Å²) in [6, 6.07) is 3.09. The molecule has 1 saturated heterocycles. The van der Waals surface area contributed by atoms with Crippen LogP contribution in [0.5, 0.6) is 0 Å². The van der Waals surface area contributed by atoms with Gasteiger partial charge in [-0.15, -0.1) is 0 Å². The third kappa shape index (κ3) is 4.05. The number of halogens is 2. The van der Waals surface area contributed by atoms with Crippen molar-refractivity contribution in [2.75, 3.05) is 24.1 Å². The van der Waals surface area contributed by atoms with E-state index in [9.17, 15) is 22.0 Å². The summed E-state index contributed by atoms with van der Waals surface area (Å²) >= 11 is 0.906. The first-order valence-corrected chi connectivity index (χ1v) is 10.7. The van der Waals surface area contributed by atoms with Crippen LogP contribution >= 0.6 is 11.3 Å². The molecule has 0 unspecified atom stereocenters. The number of nitrogens with one attached hydrogen (secondary N) is 1. The van der Waals surface area contributed by atoms with Crippen molar-refractivity contribution in [2.45, 2.75) is 18.9 Å². The van der Waals surface area contributed by atoms with Gasteiger partial charge in [-0.3, -0.25) is 4.79 Å². The number of nitrogens with two attached hydrogens (primary N) is 1. The zero-order valence-electron chi connectivity index (χ0n) is 14.7. The molecule has 2 heterocycles. The van der Waals surface area contributed by atoms with Crippen molar-refractivity contribution in [3.63, 3.8) is 0 Å². The quantitative estimate of drug-likeness (QED) is 0.685. The molecule has 0 aliphatic carbocycles. The van der Waals surface area contributed by atoms with Gasteiger partial charge in [0.2, 0.25) is 15.8 Å². The number of piperidine rings is 1. The molecular weight excluding hydrogens is 410 g/mol. The maximum Gasteiger partial charge on any atom is 0.235 e. The van der Waals surface area contributed by atoms with E-state index in [1.165, 1.54) is 10.4 Å². The van der Waals surface area contributed by atoms with E-state index in [-0.39, 0.29) is 16.7 Å². The Bertz CT molecular complexity index is 995. The van der Waals surface area contributed by atoms with Crippen LogP contribution in [0.3, 0.4) is 0 Å². The first kappa shape index (κ1) is 20.4. The summed E-state index contributed by atoms with van der Waals surface area (Å²) in [4.78, 5) is 16.5. The minimum absolute atomic E-state index is 0.0572. The Hall–Kier alpha value is -2.37. The summed E-state index contributed by atoms with van der Waals surface area (Å²) in [5, 5.41) is 4.36. The highest BCUT2D eigenvalue weighted by Crippen LogP contribution is 2.30. The van der Waals surface area contributed by atoms with Gasteiger partial charge in [0, 0.05) is 24.5 Å². The lowest BCUT2D eigenvalue weighted by atomic mass is 10.1. The Kier molecular flexibility index (Phi) is 5.77. The van der Waals surface area contributed by atoms with E-state index >= 15 is 0 Å². The normalized spacial score (nSPS) is 16.1. The minimum atomic E-state index is -3.45. The first-order chi connectivity index (χ1) is 13.2. The monoisotopic (exact) mass is 428 g/mol. The molecule has 150 valence electrons. The number of thiazole rings is 1. The van der Waals surface area contributed by atoms with E-state index in [4.69, 9.17) is 5.73 Å². The average molecular weight is 428 g/mol. The van der Waals surface area contributed by atoms with Crippen LogP contribution in [0.1, 0.15) is 28.1 Å². The fourth-order valence-corrected chi connectivity index (χ4v) is 4.76. The summed E-state index contributed by atoms with van der Waals surface area (Å²) in [5.41, 5.74) is 5.10. The summed E-state index contributed by atoms with van der Waals surface area (Å²) in [6.45, 7) is 3.94. The number of nitrogen functional groups attached to an aromatic ring is 1. The third-order valence-corrected chi connectivity index (χ3v) is 6.91. The van der Waals surface area contributed by atoms with Gasteiger partial charge in [-0.1, -0.05) is 24.0 Å². The van der Waals surface area contributed by atoms with Crippen molar-refractivity contribution in [1.82, 2.24) is 9.29 Å². The summed E-state index contributed by atoms with van der Waals surface area (Å²) in [6.07, 6.45) is 1.05. The second-order valence-corrected chi connectivity index (χ2v) is 9.07. The maximum atomic E-state index is 13.9. The predicted octanol–water partition coefficient (Wildman–Crippen LogP) is 2.58. The van der Waals surface area contributed by atoms with Crippen LogP contribution in [-0.4, -0.2) is 42.6 Å². The molecule has 7 nitrogen and oxygen atoms in total. The Morgan fingerprint density at radius 3 is 2.50 bits per heavy atom. The van der Waals surface area contributed by atoms with Gasteiger partial charge in [-0.2, -0.15) is 4.31 Å². The highest BCUT2D eigenvalue weighted by atomic mass is 32.2. The third-order valence-electron chi connectivity index (χ3n) is 4.40. The van der Waals surface area contributed by atoms with Crippen LogP contribution in [0, 0.1) is 11.6 Å². The molecule has 3 N–H and O–H groups in total. The average Bonchev–Trinajstić information content (AvgIpc) is 3.02. The number of hydrogen-bond donors (Lipinski definition) is 2. The lowest BCUT2D eigenvalue weighted by molar-refractivity contribution is 0.103. The molecule has 3 rings (SSSR count). The Morgan fingerprint density at radius 1 is 1.32 bits per heavy atom. The number of hydrogen-bond acceptors (Lipinski definition) is 7. The number of sulfonamides is 1. The lowest BCUT2D eigenvalue weighted by Gasteiger charge is -2.30. The molecule has 1 aromatic heterocycles. The zero-order valence-corrected chi connectivity index (χ0v) is 16.3. The van der Waals surface area contributed by atoms with Crippen LogP contribution in [0.2, 0.25) is 0 Å². The number of benzene rings is 1. The minimum Gasteiger partial charge on any atom is -0.382 e. The second-order valence-electron chi connectivity index (χ2n) is 6.19. The lowest BCUT2D eigenvalue weighted by Crippen LogP contribution is -2.41. The van der Waals surface area contributed by atoms with Crippen molar-refractivity contribution in [1.29, 1.82) is 0 Å². The van der Waals surface area contributed by atoms with Gasteiger partial charge in [0.15, 0.2) is 5.13 Å². The summed E-state index contributed by atoms with van der Waals surface area (Å²) in [5.74, 6) is -2.93. The number of carbonyl (C=O) groups is 1. The van der Waals surface area contributed by atoms with Crippen LogP contribution in [-0.2, 0) is 10.0 Å². The highest BCUT2D eigenvalue weighted by molar-refractivity contribution is 7.92. The number of nitrogens with zero attached hydrogens (tertiary/aromatic N) is 2. The van der Waals surface area contributed by atoms with E-state index in [2.05, 4.69) is 16.9 Å². The van der Waals surface area contributed by atoms with Crippen molar-refractivity contribution in [3.8, 4) is 0 Å². The molecule has 28 heavy (non-hydrogen) atoms. The molecule has 0 bridgehead atoms. The van der Waals surface area contributed by atoms with Crippen molar-refractivity contribution in [2.24, 2.45) is 0 Å². The van der Waals surface area contributed by atoms with Gasteiger partial charge in [-0.05, 0) is 25.0 Å². The molecule has 1 aliphatic rings. The number of carbonyl (C=O) groups excluding carboxylic acids is 1. The molecule has 1 aliphatic heterocycles. The SMILES string of the molecule is C=CS(=O)(=O)N1CCC(Nc2nc(N)c(C(=O)c3c(F)cccc3F)s2)CC1. The van der Waals surface area contributed by atoms with E-state index in [1.54, 1.807) is 0 Å². The Balaban J connectivity index is 1.72. The Labute approximate surface area is 164 Å². The largest absolute Gasteiger partial charge is 0.382 e. The molecule has 0 spiro atoms. The number of ketones is 1. The van der Waals surface area contributed by atoms with Crippen LogP contribution in [0.15, 0.2) is 30.2 Å². The molecule has 1 fully saturated rings. The fraction of sp³-hybridized carbons (Fsp3) is 0.294. The van der Waals surface area contributed by atoms with E-state index in [0.29, 0.717) is 31.1 Å². The van der Waals surface area contributed by atoms with Crippen molar-refractivity contribution >= 4 is 38.1 Å². The van der Waals surface area contributed by atoms with E-state index in [1.807, 2.05) is 0 Å². The zero-order chi connectivity index (χ0) is 20.5. The molecule has 11 heteroatoms. The van der Waals surface area contributed by atoms with Gasteiger partial charge in [0.05, 0.1) is 5.56 Å². The number of aromatic nitrogens is 1. The van der Waals surface area contributed by atoms with Crippen LogP contribution in [0.25, 0.3) is 0 Å². The second kappa shape index (κ2) is 7.94. The highest BCUT2D eigenvalue weighted by Gasteiger charge is 2.28. The topological polar surface area (TPSA) is 105 Å². The standard InChI is InChI=1S/C17H18F2N4O3S2/c1-2-28(25,26)23-8-6-10(7-9-23)21-17-22-16(20)15(27-17)14(24)13-11(18)4-3-5-12(13)19/h2-5,10H,1,6-9,20H2,(H,21,22). The molecular formula is C17H18F2N4O3S2. The molecule has 2 aromatic rings. The van der Waals surface area contributed by atoms with Gasteiger partial charge in [-0.25, -0.2) is 22.2 Å². The molecule has 1 aromatic carbocycles. The maximum absolute atomic E-state index is 13.9. The van der Waals surface area contributed by atoms with Crippen LogP contribution in [0.4, 0.5) is 19.7 Å². The van der Waals surface area contributed by atoms with Gasteiger partial charge < -0.3 is 11.1 Å². The van der Waals surface area contributed by atoms with Gasteiger partial charge in [0.1, 0.15) is 22.3 Å².